The Balaban J connectivity index is 1.43. The van der Waals surface area contributed by atoms with Crippen LogP contribution in [0.2, 0.25) is 5.02 Å². The van der Waals surface area contributed by atoms with E-state index in [9.17, 15) is 9.59 Å². The zero-order valence-electron chi connectivity index (χ0n) is 16.7. The molecule has 2 aliphatic heterocycles. The number of aromatic carboxylic acids is 1. The Labute approximate surface area is 196 Å². The normalized spacial score (nSPS) is 16.6. The molecule has 1 amide bonds. The zero-order chi connectivity index (χ0) is 23.1. The number of fused-ring (bicyclic) bond motifs is 1. The highest BCUT2D eigenvalue weighted by molar-refractivity contribution is 8.27. The Kier molecular flexibility index (Phi) is 5.20. The molecule has 0 atom stereocenters. The first-order valence-corrected chi connectivity index (χ1v) is 10.8. The first-order valence-electron chi connectivity index (χ1n) is 9.59. The Morgan fingerprint density at radius 2 is 1.88 bits per heavy atom. The van der Waals surface area contributed by atoms with E-state index in [1.54, 1.807) is 36.4 Å². The first kappa shape index (κ1) is 20.9. The van der Waals surface area contributed by atoms with Crippen LogP contribution in [0.3, 0.4) is 0 Å². The number of hydrazone groups is 1. The van der Waals surface area contributed by atoms with Gasteiger partial charge in [-0.05, 0) is 48.2 Å². The molecule has 0 spiro atoms. The number of carboxylic acids is 1. The lowest BCUT2D eigenvalue weighted by Gasteiger charge is -2.19. The van der Waals surface area contributed by atoms with E-state index >= 15 is 0 Å². The molecule has 0 saturated carbocycles. The Morgan fingerprint density at radius 1 is 1.12 bits per heavy atom. The monoisotopic (exact) mass is 476 g/mol. The van der Waals surface area contributed by atoms with Crippen LogP contribution in [0.5, 0.6) is 0 Å². The smallest absolute Gasteiger partial charge is 0.335 e. The quantitative estimate of drug-likeness (QED) is 0.513. The number of benzene rings is 2. The molecule has 0 radical (unpaired) electrons. The number of aliphatic imine (C=N–C) groups is 1. The highest BCUT2D eigenvalue weighted by atomic mass is 35.5. The van der Waals surface area contributed by atoms with Crippen LogP contribution in [0.25, 0.3) is 17.4 Å². The SMILES string of the molecule is N=C1/C(=C/c2ccc(-c3ccc(C(=O)O)cc3)o2)C(=O)N=C2SC(c3ccccc3Cl)=NN12. The second-order valence-corrected chi connectivity index (χ2v) is 8.35. The summed E-state index contributed by atoms with van der Waals surface area (Å²) < 4.78 is 5.79. The number of thioether (sulfide) groups is 1. The Hall–Kier alpha value is -3.95. The molecule has 2 aromatic carbocycles. The number of carbonyl (C=O) groups excluding carboxylic acids is 1. The van der Waals surface area contributed by atoms with E-state index in [4.69, 9.17) is 26.5 Å². The number of halogens is 1. The Morgan fingerprint density at radius 3 is 2.61 bits per heavy atom. The predicted molar refractivity (Wildman–Crippen MR) is 127 cm³/mol. The van der Waals surface area contributed by atoms with Gasteiger partial charge in [-0.2, -0.15) is 15.1 Å². The third-order valence-corrected chi connectivity index (χ3v) is 6.16. The number of carbonyl (C=O) groups is 2. The van der Waals surface area contributed by atoms with Gasteiger partial charge >= 0.3 is 5.97 Å². The summed E-state index contributed by atoms with van der Waals surface area (Å²) in [7, 11) is 0. The van der Waals surface area contributed by atoms with Gasteiger partial charge in [-0.15, -0.1) is 0 Å². The molecular weight excluding hydrogens is 464 g/mol. The first-order chi connectivity index (χ1) is 15.9. The predicted octanol–water partition coefficient (Wildman–Crippen LogP) is 4.97. The van der Waals surface area contributed by atoms with Crippen LogP contribution in [0, 0.1) is 5.41 Å². The van der Waals surface area contributed by atoms with E-state index in [1.807, 2.05) is 12.1 Å². The van der Waals surface area contributed by atoms with Gasteiger partial charge in [-0.1, -0.05) is 41.9 Å². The summed E-state index contributed by atoms with van der Waals surface area (Å²) in [5.74, 6) is -0.864. The van der Waals surface area contributed by atoms with E-state index in [0.29, 0.717) is 32.7 Å². The molecule has 8 nitrogen and oxygen atoms in total. The lowest BCUT2D eigenvalue weighted by molar-refractivity contribution is -0.114. The number of amidine groups is 2. The van der Waals surface area contributed by atoms with Crippen molar-refractivity contribution in [1.82, 2.24) is 5.01 Å². The molecular formula is C23H13ClN4O4S. The van der Waals surface area contributed by atoms with Gasteiger partial charge in [0.05, 0.1) is 16.2 Å². The van der Waals surface area contributed by atoms with Gasteiger partial charge in [-0.25, -0.2) is 4.79 Å². The summed E-state index contributed by atoms with van der Waals surface area (Å²) in [6.45, 7) is 0. The van der Waals surface area contributed by atoms with Crippen molar-refractivity contribution in [1.29, 1.82) is 5.41 Å². The zero-order valence-corrected chi connectivity index (χ0v) is 18.2. The Bertz CT molecular complexity index is 1420. The van der Waals surface area contributed by atoms with Gasteiger partial charge in [0.1, 0.15) is 16.6 Å². The van der Waals surface area contributed by atoms with Crippen molar-refractivity contribution in [3.8, 4) is 11.3 Å². The molecule has 1 aromatic heterocycles. The van der Waals surface area contributed by atoms with Crippen LogP contribution >= 0.6 is 23.4 Å². The van der Waals surface area contributed by atoms with E-state index in [-0.39, 0.29) is 22.1 Å². The van der Waals surface area contributed by atoms with Crippen LogP contribution in [-0.2, 0) is 4.79 Å². The van der Waals surface area contributed by atoms with Crippen LogP contribution in [-0.4, -0.2) is 38.0 Å². The molecule has 2 aliphatic rings. The summed E-state index contributed by atoms with van der Waals surface area (Å²) in [4.78, 5) is 27.7. The molecule has 0 bridgehead atoms. The summed E-state index contributed by atoms with van der Waals surface area (Å²) in [5.41, 5.74) is 1.57. The number of hydrogen-bond donors (Lipinski definition) is 2. The van der Waals surface area contributed by atoms with Gasteiger partial charge in [0.25, 0.3) is 5.91 Å². The van der Waals surface area contributed by atoms with Crippen molar-refractivity contribution in [3.63, 3.8) is 0 Å². The van der Waals surface area contributed by atoms with Crippen LogP contribution in [0.1, 0.15) is 21.7 Å². The molecule has 33 heavy (non-hydrogen) atoms. The minimum atomic E-state index is -1.01. The third kappa shape index (κ3) is 3.88. The van der Waals surface area contributed by atoms with Gasteiger partial charge in [0.2, 0.25) is 5.17 Å². The molecule has 3 aromatic rings. The number of amides is 1. The van der Waals surface area contributed by atoms with Crippen molar-refractivity contribution in [2.75, 3.05) is 0 Å². The van der Waals surface area contributed by atoms with Crippen molar-refractivity contribution < 1.29 is 19.1 Å². The minimum absolute atomic E-state index is 0.0330. The fourth-order valence-electron chi connectivity index (χ4n) is 3.24. The van der Waals surface area contributed by atoms with Crippen LogP contribution < -0.4 is 0 Å². The largest absolute Gasteiger partial charge is 0.478 e. The molecule has 0 saturated heterocycles. The average Bonchev–Trinajstić information content (AvgIpc) is 3.44. The molecule has 162 valence electrons. The van der Waals surface area contributed by atoms with Crippen molar-refractivity contribution >= 4 is 57.4 Å². The van der Waals surface area contributed by atoms with Crippen molar-refractivity contribution in [3.05, 3.63) is 88.1 Å². The number of rotatable bonds is 4. The maximum absolute atomic E-state index is 12.6. The van der Waals surface area contributed by atoms with Crippen LogP contribution in [0.4, 0.5) is 0 Å². The van der Waals surface area contributed by atoms with E-state index in [2.05, 4.69) is 10.1 Å². The highest BCUT2D eigenvalue weighted by Crippen LogP contribution is 2.33. The van der Waals surface area contributed by atoms with Crippen molar-refractivity contribution in [2.45, 2.75) is 0 Å². The fourth-order valence-corrected chi connectivity index (χ4v) is 4.45. The topological polar surface area (TPSA) is 119 Å². The maximum atomic E-state index is 12.6. The standard InChI is InChI=1S/C23H13ClN4O4S/c24-17-4-2-1-3-15(17)21-27-28-19(25)16(20(29)26-23(28)33-21)11-14-9-10-18(32-14)12-5-7-13(8-6-12)22(30)31/h1-11,25H,(H,30,31)/b16-11-,25-19?. The number of nitrogens with one attached hydrogen (secondary N) is 1. The second-order valence-electron chi connectivity index (χ2n) is 6.99. The summed E-state index contributed by atoms with van der Waals surface area (Å²) in [5, 5.41) is 24.6. The summed E-state index contributed by atoms with van der Waals surface area (Å²) >= 11 is 7.42. The molecule has 5 rings (SSSR count). The molecule has 2 N–H and O–H groups in total. The average molecular weight is 477 g/mol. The number of carboxylic acid groups (broad SMARTS) is 1. The van der Waals surface area contributed by atoms with E-state index in [1.165, 1.54) is 35.0 Å². The highest BCUT2D eigenvalue weighted by Gasteiger charge is 2.36. The lowest BCUT2D eigenvalue weighted by Crippen LogP contribution is -2.35. The number of hydrogen-bond acceptors (Lipinski definition) is 6. The van der Waals surface area contributed by atoms with E-state index < -0.39 is 11.9 Å². The van der Waals surface area contributed by atoms with Crippen LogP contribution in [0.15, 0.2) is 80.7 Å². The molecule has 0 aliphatic carbocycles. The maximum Gasteiger partial charge on any atom is 0.335 e. The van der Waals surface area contributed by atoms with Gasteiger partial charge < -0.3 is 9.52 Å². The van der Waals surface area contributed by atoms with E-state index in [0.717, 1.165) is 0 Å². The van der Waals surface area contributed by atoms with Crippen molar-refractivity contribution in [2.24, 2.45) is 10.1 Å². The fraction of sp³-hybridized carbons (Fsp3) is 0. The third-order valence-electron chi connectivity index (χ3n) is 4.89. The molecule has 0 fully saturated rings. The molecule has 10 heteroatoms. The molecule has 3 heterocycles. The van der Waals surface area contributed by atoms with Gasteiger partial charge in [0.15, 0.2) is 5.84 Å². The molecule has 0 unspecified atom stereocenters. The minimum Gasteiger partial charge on any atom is -0.478 e. The number of nitrogens with zero attached hydrogens (tertiary/aromatic N) is 3. The summed E-state index contributed by atoms with van der Waals surface area (Å²) in [6, 6.07) is 16.8. The lowest BCUT2D eigenvalue weighted by atomic mass is 10.1. The summed E-state index contributed by atoms with van der Waals surface area (Å²) in [6.07, 6.45) is 1.44. The van der Waals surface area contributed by atoms with Gasteiger partial charge in [0, 0.05) is 11.1 Å². The number of furan rings is 1. The second kappa shape index (κ2) is 8.19. The van der Waals surface area contributed by atoms with Gasteiger partial charge in [-0.3, -0.25) is 10.2 Å².